The van der Waals surface area contributed by atoms with E-state index in [0.717, 1.165) is 12.0 Å². The molecule has 0 heterocycles. The molecular weight excluding hydrogens is 346 g/mol. The maximum Gasteiger partial charge on any atom is 0.251 e. The summed E-state index contributed by atoms with van der Waals surface area (Å²) in [5.74, 6) is 0.423. The monoisotopic (exact) mass is 373 g/mol. The van der Waals surface area contributed by atoms with Crippen LogP contribution in [0.25, 0.3) is 0 Å². The molecule has 0 aliphatic rings. The lowest BCUT2D eigenvalue weighted by Crippen LogP contribution is -2.26. The van der Waals surface area contributed by atoms with Gasteiger partial charge < -0.3 is 5.32 Å². The second-order valence-electron chi connectivity index (χ2n) is 7.30. The maximum atomic E-state index is 12.4. The summed E-state index contributed by atoms with van der Waals surface area (Å²) in [6.45, 7) is 6.34. The van der Waals surface area contributed by atoms with E-state index >= 15 is 0 Å². The van der Waals surface area contributed by atoms with Gasteiger partial charge in [-0.05, 0) is 48.1 Å². The topological polar surface area (TPSA) is 63.2 Å². The molecule has 2 rings (SSSR count). The van der Waals surface area contributed by atoms with Crippen molar-refractivity contribution >= 4 is 15.7 Å². The first-order valence-corrected chi connectivity index (χ1v) is 10.9. The van der Waals surface area contributed by atoms with Gasteiger partial charge in [-0.25, -0.2) is 8.42 Å². The van der Waals surface area contributed by atoms with E-state index < -0.39 is 9.84 Å². The molecule has 0 saturated heterocycles. The molecule has 0 saturated carbocycles. The fraction of sp³-hybridized carbons (Fsp3) is 0.381. The number of sulfone groups is 1. The molecule has 1 atom stereocenters. The van der Waals surface area contributed by atoms with Crippen molar-refractivity contribution in [3.8, 4) is 0 Å². The first-order valence-electron chi connectivity index (χ1n) is 8.80. The van der Waals surface area contributed by atoms with Crippen LogP contribution in [0.1, 0.15) is 53.9 Å². The number of benzene rings is 2. The number of amides is 1. The summed E-state index contributed by atoms with van der Waals surface area (Å²) in [5, 5.41) is 2.98. The first-order chi connectivity index (χ1) is 12.1. The van der Waals surface area contributed by atoms with Crippen molar-refractivity contribution in [2.24, 2.45) is 5.92 Å². The Balaban J connectivity index is 2.00. The van der Waals surface area contributed by atoms with Crippen LogP contribution >= 0.6 is 0 Å². The van der Waals surface area contributed by atoms with Gasteiger partial charge in [-0.3, -0.25) is 4.79 Å². The van der Waals surface area contributed by atoms with E-state index in [4.69, 9.17) is 0 Å². The Morgan fingerprint density at radius 1 is 0.923 bits per heavy atom. The quantitative estimate of drug-likeness (QED) is 0.800. The predicted octanol–water partition coefficient (Wildman–Crippen LogP) is 3.92. The molecular formula is C21H27NO3S. The summed E-state index contributed by atoms with van der Waals surface area (Å²) < 4.78 is 22.7. The highest BCUT2D eigenvalue weighted by atomic mass is 32.2. The Labute approximate surface area is 156 Å². The van der Waals surface area contributed by atoms with Crippen LogP contribution < -0.4 is 5.32 Å². The van der Waals surface area contributed by atoms with Crippen molar-refractivity contribution in [3.05, 3.63) is 70.8 Å². The lowest BCUT2D eigenvalue weighted by molar-refractivity contribution is 0.0940. The van der Waals surface area contributed by atoms with E-state index in [1.54, 1.807) is 24.3 Å². The van der Waals surface area contributed by atoms with Gasteiger partial charge in [0.25, 0.3) is 5.91 Å². The number of hydrogen-bond acceptors (Lipinski definition) is 3. The molecule has 26 heavy (non-hydrogen) atoms. The third-order valence-electron chi connectivity index (χ3n) is 4.12. The van der Waals surface area contributed by atoms with Gasteiger partial charge >= 0.3 is 0 Å². The van der Waals surface area contributed by atoms with Gasteiger partial charge in [0.2, 0.25) is 0 Å². The van der Waals surface area contributed by atoms with Crippen molar-refractivity contribution < 1.29 is 13.2 Å². The fourth-order valence-corrected chi connectivity index (χ4v) is 3.63. The van der Waals surface area contributed by atoms with Crippen LogP contribution in [-0.4, -0.2) is 20.6 Å². The Bertz CT molecular complexity index is 838. The van der Waals surface area contributed by atoms with Crippen LogP contribution in [0.2, 0.25) is 0 Å². The zero-order valence-corrected chi connectivity index (χ0v) is 16.6. The standard InChI is InChI=1S/C21H27NO3S/c1-15(2)13-17-5-9-19(10-6-17)16(3)22-21(23)20-11-7-18(8-12-20)14-26(4,24)25/h5-12,15-16H,13-14H2,1-4H3,(H,22,23)/t16-/m0/s1. The molecule has 1 N–H and O–H groups in total. The molecule has 0 unspecified atom stereocenters. The van der Waals surface area contributed by atoms with E-state index in [9.17, 15) is 13.2 Å². The van der Waals surface area contributed by atoms with Gasteiger partial charge in [0, 0.05) is 11.8 Å². The van der Waals surface area contributed by atoms with Crippen LogP contribution in [0.15, 0.2) is 48.5 Å². The molecule has 0 aliphatic heterocycles. The zero-order chi connectivity index (χ0) is 19.3. The maximum absolute atomic E-state index is 12.4. The van der Waals surface area contributed by atoms with Gasteiger partial charge in [0.15, 0.2) is 9.84 Å². The number of rotatable bonds is 7. The summed E-state index contributed by atoms with van der Waals surface area (Å²) in [6.07, 6.45) is 2.24. The minimum Gasteiger partial charge on any atom is -0.346 e. The Kier molecular flexibility index (Phi) is 6.59. The van der Waals surface area contributed by atoms with Crippen LogP contribution in [-0.2, 0) is 22.0 Å². The second-order valence-corrected chi connectivity index (χ2v) is 9.44. The van der Waals surface area contributed by atoms with Crippen LogP contribution in [0.4, 0.5) is 0 Å². The molecule has 2 aromatic carbocycles. The van der Waals surface area contributed by atoms with Crippen LogP contribution in [0.5, 0.6) is 0 Å². The highest BCUT2D eigenvalue weighted by molar-refractivity contribution is 7.89. The van der Waals surface area contributed by atoms with Gasteiger partial charge in [0.1, 0.15) is 0 Å². The molecule has 0 bridgehead atoms. The van der Waals surface area contributed by atoms with Gasteiger partial charge in [-0.2, -0.15) is 0 Å². The molecule has 5 heteroatoms. The van der Waals surface area contributed by atoms with Crippen molar-refractivity contribution in [2.45, 2.75) is 39.0 Å². The van der Waals surface area contributed by atoms with E-state index in [1.807, 2.05) is 6.92 Å². The Morgan fingerprint density at radius 3 is 1.96 bits per heavy atom. The average molecular weight is 374 g/mol. The van der Waals surface area contributed by atoms with Gasteiger partial charge in [0.05, 0.1) is 11.8 Å². The molecule has 0 aliphatic carbocycles. The third kappa shape index (κ3) is 6.30. The van der Waals surface area contributed by atoms with Crippen molar-refractivity contribution in [3.63, 3.8) is 0 Å². The molecule has 0 fully saturated rings. The lowest BCUT2D eigenvalue weighted by Gasteiger charge is -2.15. The Hall–Kier alpha value is -2.14. The summed E-state index contributed by atoms with van der Waals surface area (Å²) in [4.78, 5) is 12.4. The van der Waals surface area contributed by atoms with Crippen molar-refractivity contribution in [1.82, 2.24) is 5.32 Å². The Morgan fingerprint density at radius 2 is 1.46 bits per heavy atom. The minimum atomic E-state index is -3.08. The van der Waals surface area contributed by atoms with E-state index in [-0.39, 0.29) is 17.7 Å². The lowest BCUT2D eigenvalue weighted by atomic mass is 10.00. The largest absolute Gasteiger partial charge is 0.346 e. The summed E-state index contributed by atoms with van der Waals surface area (Å²) in [7, 11) is -3.08. The SMILES string of the molecule is CC(C)Cc1ccc([C@H](C)NC(=O)c2ccc(CS(C)(=O)=O)cc2)cc1. The fourth-order valence-electron chi connectivity index (χ4n) is 2.83. The smallest absolute Gasteiger partial charge is 0.251 e. The highest BCUT2D eigenvalue weighted by Gasteiger charge is 2.12. The predicted molar refractivity (Wildman–Crippen MR) is 106 cm³/mol. The van der Waals surface area contributed by atoms with Gasteiger partial charge in [-0.15, -0.1) is 0 Å². The van der Waals surface area contributed by atoms with Crippen LogP contribution in [0.3, 0.4) is 0 Å². The highest BCUT2D eigenvalue weighted by Crippen LogP contribution is 2.16. The molecule has 4 nitrogen and oxygen atoms in total. The normalized spacial score (nSPS) is 12.8. The van der Waals surface area contributed by atoms with Gasteiger partial charge in [-0.1, -0.05) is 50.2 Å². The summed E-state index contributed by atoms with van der Waals surface area (Å²) in [5.41, 5.74) is 3.55. The third-order valence-corrected chi connectivity index (χ3v) is 4.97. The zero-order valence-electron chi connectivity index (χ0n) is 15.8. The average Bonchev–Trinajstić information content (AvgIpc) is 2.54. The molecule has 2 aromatic rings. The number of carbonyl (C=O) groups excluding carboxylic acids is 1. The van der Waals surface area contributed by atoms with Crippen LogP contribution in [0, 0.1) is 5.92 Å². The first kappa shape index (κ1) is 20.2. The summed E-state index contributed by atoms with van der Waals surface area (Å²) in [6, 6.07) is 14.9. The molecule has 1 amide bonds. The number of hydrogen-bond donors (Lipinski definition) is 1. The van der Waals surface area contributed by atoms with E-state index in [2.05, 4.69) is 43.4 Å². The van der Waals surface area contributed by atoms with E-state index in [1.165, 1.54) is 11.8 Å². The number of carbonyl (C=O) groups is 1. The molecule has 0 radical (unpaired) electrons. The minimum absolute atomic E-state index is 0.0198. The molecule has 0 spiro atoms. The molecule has 140 valence electrons. The van der Waals surface area contributed by atoms with E-state index in [0.29, 0.717) is 17.0 Å². The van der Waals surface area contributed by atoms with Crippen molar-refractivity contribution in [1.29, 1.82) is 0 Å². The second kappa shape index (κ2) is 8.49. The van der Waals surface area contributed by atoms with Crippen molar-refractivity contribution in [2.75, 3.05) is 6.26 Å². The molecule has 0 aromatic heterocycles. The summed E-state index contributed by atoms with van der Waals surface area (Å²) >= 11 is 0. The number of nitrogens with one attached hydrogen (secondary N) is 1.